The van der Waals surface area contributed by atoms with E-state index in [0.717, 1.165) is 11.1 Å². The number of ketones is 1. The van der Waals surface area contributed by atoms with Gasteiger partial charge >= 0.3 is 5.97 Å². The molecule has 30 heavy (non-hydrogen) atoms. The summed E-state index contributed by atoms with van der Waals surface area (Å²) in [4.78, 5) is 26.0. The molecule has 5 heteroatoms. The molecular weight excluding hydrogens is 396 g/mol. The second-order valence-corrected chi connectivity index (χ2v) is 8.30. The summed E-state index contributed by atoms with van der Waals surface area (Å²) in [6.07, 6.45) is 0.0854. The maximum Gasteiger partial charge on any atom is 0.327 e. The molecule has 1 aliphatic rings. The third-order valence-electron chi connectivity index (χ3n) is 5.04. The Bertz CT molecular complexity index is 971. The first-order chi connectivity index (χ1) is 14.7. The Morgan fingerprint density at radius 3 is 2.10 bits per heavy atom. The van der Waals surface area contributed by atoms with Crippen molar-refractivity contribution in [3.05, 3.63) is 102 Å². The van der Waals surface area contributed by atoms with E-state index in [4.69, 9.17) is 9.47 Å². The quantitative estimate of drug-likeness (QED) is 0.408. The number of hydrogen-bond acceptors (Lipinski definition) is 5. The predicted molar refractivity (Wildman–Crippen MR) is 117 cm³/mol. The van der Waals surface area contributed by atoms with Crippen LogP contribution in [0.15, 0.2) is 91.0 Å². The molecule has 0 spiro atoms. The van der Waals surface area contributed by atoms with Crippen LogP contribution in [0.2, 0.25) is 0 Å². The Hall–Kier alpha value is -3.05. The highest BCUT2D eigenvalue weighted by Gasteiger charge is 2.49. The second-order valence-electron chi connectivity index (χ2n) is 7.20. The average Bonchev–Trinajstić information content (AvgIpc) is 2.79. The fourth-order valence-electron chi connectivity index (χ4n) is 3.49. The summed E-state index contributed by atoms with van der Waals surface area (Å²) in [5, 5.41) is -0.821. The van der Waals surface area contributed by atoms with Crippen LogP contribution in [-0.2, 0) is 25.7 Å². The number of cyclic esters (lactones) is 1. The highest BCUT2D eigenvalue weighted by molar-refractivity contribution is 8.00. The summed E-state index contributed by atoms with van der Waals surface area (Å²) < 4.78 is 11.9. The fraction of sp³-hybridized carbons (Fsp3) is 0.200. The molecule has 0 saturated carbocycles. The van der Waals surface area contributed by atoms with Crippen molar-refractivity contribution in [2.24, 2.45) is 0 Å². The first-order valence-corrected chi connectivity index (χ1v) is 10.9. The monoisotopic (exact) mass is 418 g/mol. The van der Waals surface area contributed by atoms with E-state index < -0.39 is 16.8 Å². The Balaban J connectivity index is 1.53. The molecule has 0 amide bonds. The van der Waals surface area contributed by atoms with E-state index in [9.17, 15) is 9.59 Å². The van der Waals surface area contributed by atoms with Gasteiger partial charge in [0.05, 0.1) is 6.42 Å². The molecule has 1 aliphatic heterocycles. The van der Waals surface area contributed by atoms with Crippen LogP contribution in [-0.4, -0.2) is 23.6 Å². The number of rotatable bonds is 7. The third-order valence-corrected chi connectivity index (χ3v) is 6.33. The number of para-hydroxylation sites is 1. The topological polar surface area (TPSA) is 52.6 Å². The van der Waals surface area contributed by atoms with Crippen molar-refractivity contribution in [1.29, 1.82) is 0 Å². The fourth-order valence-corrected chi connectivity index (χ4v) is 4.49. The van der Waals surface area contributed by atoms with Crippen molar-refractivity contribution in [3.8, 4) is 5.75 Å². The lowest BCUT2D eigenvalue weighted by molar-refractivity contribution is -0.174. The number of benzene rings is 3. The Morgan fingerprint density at radius 2 is 1.47 bits per heavy atom. The van der Waals surface area contributed by atoms with Gasteiger partial charge in [-0.25, -0.2) is 0 Å². The van der Waals surface area contributed by atoms with Crippen LogP contribution >= 0.6 is 11.8 Å². The zero-order valence-electron chi connectivity index (χ0n) is 16.4. The van der Waals surface area contributed by atoms with Crippen LogP contribution in [0.3, 0.4) is 0 Å². The highest BCUT2D eigenvalue weighted by Crippen LogP contribution is 2.38. The minimum absolute atomic E-state index is 0.0780. The lowest BCUT2D eigenvalue weighted by Gasteiger charge is -2.38. The van der Waals surface area contributed by atoms with Gasteiger partial charge in [0.25, 0.3) is 0 Å². The van der Waals surface area contributed by atoms with E-state index in [0.29, 0.717) is 11.5 Å². The summed E-state index contributed by atoms with van der Waals surface area (Å²) in [5.41, 5.74) is 0.694. The van der Waals surface area contributed by atoms with Gasteiger partial charge in [-0.3, -0.25) is 9.59 Å². The van der Waals surface area contributed by atoms with Gasteiger partial charge in [-0.15, -0.1) is 11.8 Å². The average molecular weight is 419 g/mol. The molecule has 0 N–H and O–H groups in total. The minimum Gasteiger partial charge on any atom is -0.489 e. The van der Waals surface area contributed by atoms with Crippen molar-refractivity contribution in [1.82, 2.24) is 0 Å². The summed E-state index contributed by atoms with van der Waals surface area (Å²) >= 11 is 1.31. The zero-order valence-corrected chi connectivity index (χ0v) is 17.2. The predicted octanol–water partition coefficient (Wildman–Crippen LogP) is 4.78. The van der Waals surface area contributed by atoms with Gasteiger partial charge in [-0.05, 0) is 23.3 Å². The molecule has 3 aromatic rings. The Morgan fingerprint density at radius 1 is 0.867 bits per heavy atom. The van der Waals surface area contributed by atoms with Gasteiger partial charge < -0.3 is 9.47 Å². The van der Waals surface area contributed by atoms with Gasteiger partial charge in [-0.1, -0.05) is 78.9 Å². The molecule has 2 atom stereocenters. The number of hydrogen-bond donors (Lipinski definition) is 0. The summed E-state index contributed by atoms with van der Waals surface area (Å²) in [5.74, 6) is 0.600. The Labute approximate surface area is 180 Å². The molecule has 3 aromatic carbocycles. The van der Waals surface area contributed by atoms with E-state index in [2.05, 4.69) is 0 Å². The van der Waals surface area contributed by atoms with E-state index in [-0.39, 0.29) is 18.8 Å². The largest absolute Gasteiger partial charge is 0.489 e. The lowest BCUT2D eigenvalue weighted by atomic mass is 9.86. The standard InChI is InChI=1S/C25H22O4S/c26-22-16-25(20-12-6-2-7-13-20,18-28-21-14-8-3-9-15-21)29-24(27)23(22)30-17-19-10-4-1-5-11-19/h1-15,23H,16-18H2. The van der Waals surface area contributed by atoms with E-state index in [1.165, 1.54) is 11.8 Å². The number of thioether (sulfide) groups is 1. The maximum atomic E-state index is 13.0. The van der Waals surface area contributed by atoms with E-state index in [1.54, 1.807) is 0 Å². The molecule has 4 nitrogen and oxygen atoms in total. The zero-order chi connectivity index (χ0) is 20.8. The van der Waals surface area contributed by atoms with Gasteiger partial charge in [0.2, 0.25) is 0 Å². The molecule has 0 bridgehead atoms. The molecule has 1 fully saturated rings. The van der Waals surface area contributed by atoms with Crippen LogP contribution in [0.1, 0.15) is 17.5 Å². The molecule has 0 radical (unpaired) electrons. The van der Waals surface area contributed by atoms with Gasteiger partial charge in [0, 0.05) is 5.75 Å². The number of carbonyl (C=O) groups is 2. The summed E-state index contributed by atoms with van der Waals surface area (Å²) in [6, 6.07) is 28.5. The normalized spacial score (nSPS) is 21.1. The maximum absolute atomic E-state index is 13.0. The van der Waals surface area contributed by atoms with Crippen molar-refractivity contribution in [2.45, 2.75) is 23.0 Å². The van der Waals surface area contributed by atoms with E-state index in [1.807, 2.05) is 91.0 Å². The number of ether oxygens (including phenoxy) is 2. The third kappa shape index (κ3) is 4.57. The molecule has 0 aromatic heterocycles. The molecule has 152 valence electrons. The Kier molecular flexibility index (Phi) is 6.19. The van der Waals surface area contributed by atoms with Crippen molar-refractivity contribution in [3.63, 3.8) is 0 Å². The van der Waals surface area contributed by atoms with Crippen molar-refractivity contribution in [2.75, 3.05) is 6.61 Å². The number of carbonyl (C=O) groups excluding carboxylic acids is 2. The highest BCUT2D eigenvalue weighted by atomic mass is 32.2. The lowest BCUT2D eigenvalue weighted by Crippen LogP contribution is -2.50. The molecule has 2 unspecified atom stereocenters. The van der Waals surface area contributed by atoms with Gasteiger partial charge in [0.15, 0.2) is 16.6 Å². The SMILES string of the molecule is O=C1CC(COc2ccccc2)(c2ccccc2)OC(=O)C1SCc1ccccc1. The molecular formula is C25H22O4S. The van der Waals surface area contributed by atoms with Crippen LogP contribution in [0.25, 0.3) is 0 Å². The van der Waals surface area contributed by atoms with E-state index >= 15 is 0 Å². The van der Waals surface area contributed by atoms with Gasteiger partial charge in [0.1, 0.15) is 12.4 Å². The summed E-state index contributed by atoms with van der Waals surface area (Å²) in [7, 11) is 0. The number of Topliss-reactive ketones (excluding diaryl/α,β-unsaturated/α-hetero) is 1. The molecule has 1 heterocycles. The van der Waals surface area contributed by atoms with Crippen LogP contribution < -0.4 is 4.74 Å². The first-order valence-electron chi connectivity index (χ1n) is 9.81. The number of esters is 1. The summed E-state index contributed by atoms with van der Waals surface area (Å²) in [6.45, 7) is 0.0780. The van der Waals surface area contributed by atoms with Crippen molar-refractivity contribution < 1.29 is 19.1 Å². The minimum atomic E-state index is -1.13. The van der Waals surface area contributed by atoms with Gasteiger partial charge in [-0.2, -0.15) is 0 Å². The molecule has 0 aliphatic carbocycles. The smallest absolute Gasteiger partial charge is 0.327 e. The van der Waals surface area contributed by atoms with Crippen LogP contribution in [0, 0.1) is 0 Å². The first kappa shape index (κ1) is 20.2. The van der Waals surface area contributed by atoms with Crippen molar-refractivity contribution >= 4 is 23.5 Å². The molecule has 1 saturated heterocycles. The van der Waals surface area contributed by atoms with Crippen LogP contribution in [0.5, 0.6) is 5.75 Å². The molecule has 4 rings (SSSR count). The second kappa shape index (κ2) is 9.18. The van der Waals surface area contributed by atoms with Crippen LogP contribution in [0.4, 0.5) is 0 Å².